The van der Waals surface area contributed by atoms with E-state index < -0.39 is 42.7 Å². The van der Waals surface area contributed by atoms with E-state index in [1.54, 1.807) is 24.3 Å². The zero-order chi connectivity index (χ0) is 22.6. The lowest BCUT2D eigenvalue weighted by atomic mass is 10.1. The minimum Gasteiger partial charge on any atom is -0.435 e. The van der Waals surface area contributed by atoms with Gasteiger partial charge in [0.1, 0.15) is 0 Å². The van der Waals surface area contributed by atoms with Crippen LogP contribution >= 0.6 is 12.4 Å². The van der Waals surface area contributed by atoms with Crippen molar-refractivity contribution in [2.45, 2.75) is 25.3 Å². The van der Waals surface area contributed by atoms with Gasteiger partial charge in [0.15, 0.2) is 11.6 Å². The highest BCUT2D eigenvalue weighted by Crippen LogP contribution is 2.28. The third-order valence-corrected chi connectivity index (χ3v) is 4.80. The molecule has 0 aliphatic carbocycles. The molecule has 0 saturated carbocycles. The Kier molecular flexibility index (Phi) is 8.82. The topological polar surface area (TPSA) is 50.8 Å². The van der Waals surface area contributed by atoms with Crippen molar-refractivity contribution in [1.29, 1.82) is 0 Å². The molecule has 0 bridgehead atoms. The van der Waals surface area contributed by atoms with Crippen molar-refractivity contribution in [2.75, 3.05) is 31.6 Å². The fourth-order valence-electron chi connectivity index (χ4n) is 3.14. The number of benzene rings is 2. The second-order valence-electron chi connectivity index (χ2n) is 7.22. The van der Waals surface area contributed by atoms with Crippen LogP contribution in [-0.4, -0.2) is 49.5 Å². The Balaban J connectivity index is 0.00000363. The van der Waals surface area contributed by atoms with Gasteiger partial charge in [0.05, 0.1) is 12.7 Å². The van der Waals surface area contributed by atoms with Gasteiger partial charge in [-0.15, -0.1) is 12.4 Å². The van der Waals surface area contributed by atoms with Crippen molar-refractivity contribution in [3.05, 3.63) is 65.2 Å². The quantitative estimate of drug-likeness (QED) is 0.594. The average molecular weight is 481 g/mol. The molecule has 176 valence electrons. The van der Waals surface area contributed by atoms with Crippen LogP contribution in [0.25, 0.3) is 0 Å². The van der Waals surface area contributed by atoms with Crippen LogP contribution in [0.2, 0.25) is 0 Å². The van der Waals surface area contributed by atoms with Gasteiger partial charge in [-0.1, -0.05) is 23.8 Å². The summed E-state index contributed by atoms with van der Waals surface area (Å²) in [6, 6.07) is 9.70. The maximum absolute atomic E-state index is 13.5. The van der Waals surface area contributed by atoms with E-state index in [-0.39, 0.29) is 32.1 Å². The molecule has 1 aliphatic heterocycles. The monoisotopic (exact) mass is 480 g/mol. The molecule has 11 heteroatoms. The standard InChI is InChI=1S/C21H21F5N2O3.ClH/c1-13-2-5-15(6-3-13)27-20(29)31-19(21(24,25)26)12-28-8-9-30-18(11-28)14-4-7-16(22)17(23)10-14;/h2-7,10,18-19H,8-9,11-12H2,1H3,(H,27,29);1H/t18-,19?;/m1./s1. The predicted octanol–water partition coefficient (Wildman–Crippen LogP) is 5.25. The molecule has 2 atom stereocenters. The number of carbonyl (C=O) groups is 1. The molecule has 3 rings (SSSR count). The number of nitrogens with zero attached hydrogens (tertiary/aromatic N) is 1. The number of ether oxygens (including phenoxy) is 2. The Morgan fingerprint density at radius 3 is 2.50 bits per heavy atom. The number of anilines is 1. The summed E-state index contributed by atoms with van der Waals surface area (Å²) in [5.41, 5.74) is 1.54. The van der Waals surface area contributed by atoms with E-state index in [0.29, 0.717) is 11.3 Å². The SMILES string of the molecule is Cc1ccc(NC(=O)OC(CN2CCO[C@@H](c3ccc(F)c(F)c3)C2)C(F)(F)F)cc1.Cl. The maximum atomic E-state index is 13.5. The van der Waals surface area contributed by atoms with Crippen molar-refractivity contribution < 1.29 is 36.2 Å². The van der Waals surface area contributed by atoms with Crippen LogP contribution in [0.5, 0.6) is 0 Å². The molecule has 1 amide bonds. The highest BCUT2D eigenvalue weighted by atomic mass is 35.5. The molecular weight excluding hydrogens is 459 g/mol. The van der Waals surface area contributed by atoms with Crippen molar-refractivity contribution in [3.8, 4) is 0 Å². The highest BCUT2D eigenvalue weighted by molar-refractivity contribution is 5.85. The van der Waals surface area contributed by atoms with Gasteiger partial charge in [0, 0.05) is 25.3 Å². The second kappa shape index (κ2) is 10.9. The Morgan fingerprint density at radius 1 is 1.19 bits per heavy atom. The number of hydrogen-bond acceptors (Lipinski definition) is 4. The van der Waals surface area contributed by atoms with Crippen LogP contribution in [-0.2, 0) is 9.47 Å². The average Bonchev–Trinajstić information content (AvgIpc) is 2.71. The van der Waals surface area contributed by atoms with Crippen LogP contribution < -0.4 is 5.32 Å². The van der Waals surface area contributed by atoms with Gasteiger partial charge in [-0.05, 0) is 36.8 Å². The lowest BCUT2D eigenvalue weighted by Gasteiger charge is -2.35. The van der Waals surface area contributed by atoms with Crippen LogP contribution in [0.15, 0.2) is 42.5 Å². The third kappa shape index (κ3) is 7.04. The largest absolute Gasteiger partial charge is 0.435 e. The molecule has 1 aliphatic rings. The summed E-state index contributed by atoms with van der Waals surface area (Å²) in [5.74, 6) is -2.09. The first-order valence-corrected chi connectivity index (χ1v) is 9.52. The first kappa shape index (κ1) is 25.8. The Labute approximate surface area is 187 Å². The third-order valence-electron chi connectivity index (χ3n) is 4.80. The number of carbonyl (C=O) groups excluding carboxylic acids is 1. The summed E-state index contributed by atoms with van der Waals surface area (Å²) in [7, 11) is 0. The van der Waals surface area contributed by atoms with E-state index in [0.717, 1.165) is 17.7 Å². The van der Waals surface area contributed by atoms with E-state index in [9.17, 15) is 26.7 Å². The smallest absolute Gasteiger partial charge is 0.426 e. The molecular formula is C21H22ClF5N2O3. The highest BCUT2D eigenvalue weighted by Gasteiger charge is 2.44. The number of halogens is 6. The van der Waals surface area contributed by atoms with Gasteiger partial charge in [-0.25, -0.2) is 13.6 Å². The Morgan fingerprint density at radius 2 is 1.88 bits per heavy atom. The second-order valence-corrected chi connectivity index (χ2v) is 7.22. The van der Waals surface area contributed by atoms with Gasteiger partial charge in [0.2, 0.25) is 6.10 Å². The summed E-state index contributed by atoms with van der Waals surface area (Å²) in [6.07, 6.45) is -9.13. The molecule has 0 spiro atoms. The normalized spacial score (nSPS) is 17.9. The van der Waals surface area contributed by atoms with Crippen molar-refractivity contribution >= 4 is 24.2 Å². The number of hydrogen-bond donors (Lipinski definition) is 1. The van der Waals surface area contributed by atoms with E-state index >= 15 is 0 Å². The molecule has 2 aromatic rings. The molecule has 2 aromatic carbocycles. The maximum Gasteiger partial charge on any atom is 0.426 e. The molecule has 5 nitrogen and oxygen atoms in total. The minimum absolute atomic E-state index is 0. The number of alkyl halides is 3. The predicted molar refractivity (Wildman–Crippen MR) is 110 cm³/mol. The molecule has 0 radical (unpaired) electrons. The minimum atomic E-state index is -4.79. The summed E-state index contributed by atoms with van der Waals surface area (Å²) in [6.45, 7) is 1.46. The Hall–Kier alpha value is -2.43. The molecule has 1 fully saturated rings. The molecule has 1 N–H and O–H groups in total. The number of amides is 1. The summed E-state index contributed by atoms with van der Waals surface area (Å²) >= 11 is 0. The molecule has 1 saturated heterocycles. The number of rotatable bonds is 5. The molecule has 1 heterocycles. The molecule has 0 aromatic heterocycles. The lowest BCUT2D eigenvalue weighted by molar-refractivity contribution is -0.209. The molecule has 1 unspecified atom stereocenters. The van der Waals surface area contributed by atoms with E-state index in [2.05, 4.69) is 10.1 Å². The first-order valence-electron chi connectivity index (χ1n) is 9.52. The number of nitrogens with one attached hydrogen (secondary N) is 1. The van der Waals surface area contributed by atoms with Crippen molar-refractivity contribution in [3.63, 3.8) is 0 Å². The lowest BCUT2D eigenvalue weighted by Crippen LogP contribution is -2.48. The van der Waals surface area contributed by atoms with E-state index in [1.807, 2.05) is 6.92 Å². The van der Waals surface area contributed by atoms with Crippen molar-refractivity contribution in [1.82, 2.24) is 4.90 Å². The summed E-state index contributed by atoms with van der Waals surface area (Å²) in [4.78, 5) is 13.4. The fraction of sp³-hybridized carbons (Fsp3) is 0.381. The molecule has 32 heavy (non-hydrogen) atoms. The van der Waals surface area contributed by atoms with Crippen LogP contribution in [0, 0.1) is 18.6 Å². The van der Waals surface area contributed by atoms with Gasteiger partial charge < -0.3 is 9.47 Å². The zero-order valence-electron chi connectivity index (χ0n) is 17.0. The number of aryl methyl sites for hydroxylation is 1. The van der Waals surface area contributed by atoms with Crippen LogP contribution in [0.1, 0.15) is 17.2 Å². The van der Waals surface area contributed by atoms with Gasteiger partial charge in [0.25, 0.3) is 0 Å². The number of morpholine rings is 1. The van der Waals surface area contributed by atoms with E-state index in [1.165, 1.54) is 11.0 Å². The van der Waals surface area contributed by atoms with Gasteiger partial charge in [-0.3, -0.25) is 10.2 Å². The first-order chi connectivity index (χ1) is 14.6. The van der Waals surface area contributed by atoms with Gasteiger partial charge in [-0.2, -0.15) is 13.2 Å². The van der Waals surface area contributed by atoms with Crippen LogP contribution in [0.4, 0.5) is 32.4 Å². The fourth-order valence-corrected chi connectivity index (χ4v) is 3.14. The summed E-state index contributed by atoms with van der Waals surface area (Å²) in [5, 5.41) is 2.27. The van der Waals surface area contributed by atoms with Gasteiger partial charge >= 0.3 is 12.3 Å². The van der Waals surface area contributed by atoms with Crippen LogP contribution in [0.3, 0.4) is 0 Å². The van der Waals surface area contributed by atoms with Crippen molar-refractivity contribution in [2.24, 2.45) is 0 Å². The summed E-state index contributed by atoms with van der Waals surface area (Å²) < 4.78 is 77.2. The van der Waals surface area contributed by atoms with E-state index in [4.69, 9.17) is 4.74 Å². The zero-order valence-corrected chi connectivity index (χ0v) is 17.8. The Bertz CT molecular complexity index is 911.